The molecule has 0 amide bonds. The summed E-state index contributed by atoms with van der Waals surface area (Å²) >= 11 is 0. The largest absolute Gasteiger partial charge is 0.216 e. The third kappa shape index (κ3) is 8.28. The molecule has 0 heterocycles. The van der Waals surface area contributed by atoms with E-state index in [9.17, 15) is 4.39 Å². The van der Waals surface area contributed by atoms with Crippen LogP contribution in [-0.4, -0.2) is 0 Å². The lowest BCUT2D eigenvalue weighted by Gasteiger charge is -2.13. The molecule has 0 N–H and O–H groups in total. The van der Waals surface area contributed by atoms with Crippen molar-refractivity contribution in [2.75, 3.05) is 0 Å². The number of hydrogen-bond donors (Lipinski definition) is 0. The first-order valence-electron chi connectivity index (χ1n) is 5.95. The molecule has 0 fully saturated rings. The molecule has 0 saturated carbocycles. The number of allylic oxidation sites excluding steroid dienone is 1. The van der Waals surface area contributed by atoms with Gasteiger partial charge in [0.25, 0.3) is 0 Å². The first-order valence-corrected chi connectivity index (χ1v) is 5.95. The Labute approximate surface area is 88.6 Å². The molecule has 0 aliphatic rings. The van der Waals surface area contributed by atoms with E-state index in [2.05, 4.69) is 20.8 Å². The highest BCUT2D eigenvalue weighted by atomic mass is 19.1. The van der Waals surface area contributed by atoms with Crippen LogP contribution in [0.5, 0.6) is 0 Å². The number of halogens is 1. The van der Waals surface area contributed by atoms with Gasteiger partial charge in [0.2, 0.25) is 0 Å². The standard InChI is InChI=1S/C13H25F/c1-4-12(2)9-10-13(3)8-6-5-7-11-14/h7,11-13H,4-6,8-10H2,1-3H3/b11-7+. The number of hydrogen-bond acceptors (Lipinski definition) is 0. The van der Waals surface area contributed by atoms with Crippen molar-refractivity contribution in [1.82, 2.24) is 0 Å². The minimum atomic E-state index is 0.657. The summed E-state index contributed by atoms with van der Waals surface area (Å²) in [6.07, 6.45) is 9.49. The molecule has 14 heavy (non-hydrogen) atoms. The molecule has 0 aromatic carbocycles. The summed E-state index contributed by atoms with van der Waals surface area (Å²) in [6, 6.07) is 0. The predicted molar refractivity (Wildman–Crippen MR) is 62.0 cm³/mol. The molecular weight excluding hydrogens is 175 g/mol. The van der Waals surface area contributed by atoms with Gasteiger partial charge in [-0.2, -0.15) is 0 Å². The minimum absolute atomic E-state index is 0.657. The predicted octanol–water partition coefficient (Wildman–Crippen LogP) is 5.10. The molecule has 2 atom stereocenters. The molecule has 0 aromatic rings. The van der Waals surface area contributed by atoms with Crippen LogP contribution in [0.3, 0.4) is 0 Å². The van der Waals surface area contributed by atoms with Crippen LogP contribution >= 0.6 is 0 Å². The molecule has 1 heteroatoms. The Morgan fingerprint density at radius 1 is 1.07 bits per heavy atom. The third-order valence-corrected chi connectivity index (χ3v) is 3.01. The molecule has 2 unspecified atom stereocenters. The summed E-state index contributed by atoms with van der Waals surface area (Å²) in [5.74, 6) is 1.67. The van der Waals surface area contributed by atoms with Gasteiger partial charge >= 0.3 is 0 Å². The zero-order valence-electron chi connectivity index (χ0n) is 9.93. The Morgan fingerprint density at radius 3 is 2.29 bits per heavy atom. The highest BCUT2D eigenvalue weighted by Gasteiger charge is 2.04. The molecule has 84 valence electrons. The Bertz CT molecular complexity index is 140. The van der Waals surface area contributed by atoms with Gasteiger partial charge in [0.05, 0.1) is 6.33 Å². The first kappa shape index (κ1) is 13.7. The van der Waals surface area contributed by atoms with Gasteiger partial charge in [-0.05, 0) is 24.7 Å². The molecule has 0 bridgehead atoms. The van der Waals surface area contributed by atoms with Gasteiger partial charge in [-0.3, -0.25) is 0 Å². The second-order valence-electron chi connectivity index (χ2n) is 4.49. The van der Waals surface area contributed by atoms with Crippen LogP contribution in [0.4, 0.5) is 4.39 Å². The number of rotatable bonds is 8. The molecule has 0 nitrogen and oxygen atoms in total. The second kappa shape index (κ2) is 9.23. The maximum Gasteiger partial charge on any atom is 0.0827 e. The van der Waals surface area contributed by atoms with Gasteiger partial charge in [0.15, 0.2) is 0 Å². The normalized spacial score (nSPS) is 16.0. The van der Waals surface area contributed by atoms with Crippen molar-refractivity contribution in [2.24, 2.45) is 11.8 Å². The summed E-state index contributed by atoms with van der Waals surface area (Å²) < 4.78 is 11.6. The first-order chi connectivity index (χ1) is 6.70. The van der Waals surface area contributed by atoms with E-state index in [0.29, 0.717) is 6.33 Å². The van der Waals surface area contributed by atoms with Crippen LogP contribution in [0.15, 0.2) is 12.4 Å². The fraction of sp³-hybridized carbons (Fsp3) is 0.846. The Hall–Kier alpha value is -0.330. The van der Waals surface area contributed by atoms with Crippen molar-refractivity contribution in [3.05, 3.63) is 12.4 Å². The molecule has 0 rings (SSSR count). The monoisotopic (exact) mass is 200 g/mol. The van der Waals surface area contributed by atoms with Gasteiger partial charge in [-0.25, -0.2) is 4.39 Å². The summed E-state index contributed by atoms with van der Waals surface area (Å²) in [5.41, 5.74) is 0. The summed E-state index contributed by atoms with van der Waals surface area (Å²) in [7, 11) is 0. The van der Waals surface area contributed by atoms with Crippen LogP contribution in [0, 0.1) is 11.8 Å². The molecule has 0 aromatic heterocycles. The van der Waals surface area contributed by atoms with Gasteiger partial charge in [0.1, 0.15) is 0 Å². The number of unbranched alkanes of at least 4 members (excludes halogenated alkanes) is 1. The van der Waals surface area contributed by atoms with Crippen molar-refractivity contribution in [3.63, 3.8) is 0 Å². The van der Waals surface area contributed by atoms with Gasteiger partial charge in [-0.15, -0.1) is 0 Å². The third-order valence-electron chi connectivity index (χ3n) is 3.01. The molecule has 0 aliphatic heterocycles. The Balaban J connectivity index is 3.31. The molecular formula is C13H25F. The fourth-order valence-electron chi connectivity index (χ4n) is 1.56. The molecule has 0 spiro atoms. The summed E-state index contributed by atoms with van der Waals surface area (Å²) in [4.78, 5) is 0. The second-order valence-corrected chi connectivity index (χ2v) is 4.49. The van der Waals surface area contributed by atoms with Gasteiger partial charge in [-0.1, -0.05) is 52.5 Å². The minimum Gasteiger partial charge on any atom is -0.216 e. The van der Waals surface area contributed by atoms with Crippen molar-refractivity contribution >= 4 is 0 Å². The van der Waals surface area contributed by atoms with Crippen LogP contribution in [0.1, 0.15) is 59.3 Å². The van der Waals surface area contributed by atoms with E-state index in [1.54, 1.807) is 6.08 Å². The van der Waals surface area contributed by atoms with E-state index in [-0.39, 0.29) is 0 Å². The Morgan fingerprint density at radius 2 is 1.71 bits per heavy atom. The fourth-order valence-corrected chi connectivity index (χ4v) is 1.56. The zero-order chi connectivity index (χ0) is 10.8. The topological polar surface area (TPSA) is 0 Å². The highest BCUT2D eigenvalue weighted by molar-refractivity contribution is 4.72. The van der Waals surface area contributed by atoms with Crippen molar-refractivity contribution in [2.45, 2.75) is 59.3 Å². The lowest BCUT2D eigenvalue weighted by molar-refractivity contribution is 0.400. The Kier molecular flexibility index (Phi) is 9.02. The van der Waals surface area contributed by atoms with Gasteiger partial charge < -0.3 is 0 Å². The van der Waals surface area contributed by atoms with Crippen molar-refractivity contribution in [3.8, 4) is 0 Å². The van der Waals surface area contributed by atoms with E-state index in [0.717, 1.165) is 24.7 Å². The summed E-state index contributed by atoms with van der Waals surface area (Å²) in [6.45, 7) is 6.88. The lowest BCUT2D eigenvalue weighted by atomic mass is 9.93. The van der Waals surface area contributed by atoms with Gasteiger partial charge in [0, 0.05) is 0 Å². The highest BCUT2D eigenvalue weighted by Crippen LogP contribution is 2.19. The van der Waals surface area contributed by atoms with Crippen LogP contribution in [-0.2, 0) is 0 Å². The molecule has 0 radical (unpaired) electrons. The van der Waals surface area contributed by atoms with E-state index in [1.807, 2.05) is 0 Å². The van der Waals surface area contributed by atoms with E-state index in [1.165, 1.54) is 25.7 Å². The molecule has 0 saturated heterocycles. The zero-order valence-corrected chi connectivity index (χ0v) is 9.93. The average Bonchev–Trinajstić information content (AvgIpc) is 2.21. The van der Waals surface area contributed by atoms with Crippen LogP contribution in [0.2, 0.25) is 0 Å². The van der Waals surface area contributed by atoms with E-state index < -0.39 is 0 Å². The molecule has 0 aliphatic carbocycles. The van der Waals surface area contributed by atoms with E-state index >= 15 is 0 Å². The van der Waals surface area contributed by atoms with Crippen molar-refractivity contribution < 1.29 is 4.39 Å². The average molecular weight is 200 g/mol. The SMILES string of the molecule is CCC(C)CCC(C)CCC/C=C/F. The van der Waals surface area contributed by atoms with Crippen LogP contribution < -0.4 is 0 Å². The summed E-state index contributed by atoms with van der Waals surface area (Å²) in [5, 5.41) is 0. The van der Waals surface area contributed by atoms with E-state index in [4.69, 9.17) is 0 Å². The maximum atomic E-state index is 11.6. The lowest BCUT2D eigenvalue weighted by Crippen LogP contribution is -1.99. The smallest absolute Gasteiger partial charge is 0.0827 e. The quantitative estimate of drug-likeness (QED) is 0.478. The maximum absolute atomic E-state index is 11.6. The van der Waals surface area contributed by atoms with Crippen LogP contribution in [0.25, 0.3) is 0 Å². The van der Waals surface area contributed by atoms with Crippen molar-refractivity contribution in [1.29, 1.82) is 0 Å².